The van der Waals surface area contributed by atoms with E-state index in [1.807, 2.05) is 6.08 Å². The normalized spacial score (nSPS) is 18.9. The number of hydrogen-bond donors (Lipinski definition) is 6. The first-order valence-electron chi connectivity index (χ1n) is 32.4. The van der Waals surface area contributed by atoms with E-state index in [4.69, 9.17) is 14.2 Å². The Morgan fingerprint density at radius 2 is 0.883 bits per heavy atom. The smallest absolute Gasteiger partial charge is 0.305 e. The van der Waals surface area contributed by atoms with Gasteiger partial charge in [-0.3, -0.25) is 9.59 Å². The second-order valence-electron chi connectivity index (χ2n) is 22.5. The zero-order valence-corrected chi connectivity index (χ0v) is 49.7. The van der Waals surface area contributed by atoms with Gasteiger partial charge in [0.25, 0.3) is 0 Å². The van der Waals surface area contributed by atoms with Gasteiger partial charge in [-0.05, 0) is 77.0 Å². The second-order valence-corrected chi connectivity index (χ2v) is 22.5. The molecule has 1 amide bonds. The van der Waals surface area contributed by atoms with E-state index < -0.39 is 49.5 Å². The van der Waals surface area contributed by atoms with Gasteiger partial charge in [-0.15, -0.1) is 0 Å². The number of unbranched alkanes of at least 4 members (excludes halogenated alkanes) is 36. The van der Waals surface area contributed by atoms with Gasteiger partial charge < -0.3 is 45.1 Å². The highest BCUT2D eigenvalue weighted by molar-refractivity contribution is 5.76. The molecule has 0 aromatic rings. The Morgan fingerprint density at radius 1 is 0.481 bits per heavy atom. The number of esters is 1. The van der Waals surface area contributed by atoms with Gasteiger partial charge in [-0.1, -0.05) is 255 Å². The van der Waals surface area contributed by atoms with E-state index in [0.717, 1.165) is 64.2 Å². The summed E-state index contributed by atoms with van der Waals surface area (Å²) >= 11 is 0. The lowest BCUT2D eigenvalue weighted by atomic mass is 9.99. The summed E-state index contributed by atoms with van der Waals surface area (Å²) < 4.78 is 16.7. The first kappa shape index (κ1) is 72.6. The molecule has 0 bridgehead atoms. The van der Waals surface area contributed by atoms with Crippen molar-refractivity contribution >= 4 is 11.9 Å². The van der Waals surface area contributed by atoms with Crippen LogP contribution in [-0.4, -0.2) is 100 Å². The van der Waals surface area contributed by atoms with Crippen LogP contribution in [0, 0.1) is 0 Å². The van der Waals surface area contributed by atoms with Crippen molar-refractivity contribution in [1.29, 1.82) is 0 Å². The molecule has 0 aromatic carbocycles. The standard InChI is InChI=1S/C66H121NO10/c1-3-5-7-9-11-13-33-38-42-46-50-54-62(71)75-55-51-47-43-39-35-32-30-28-26-24-22-20-18-16-14-15-17-19-21-23-25-27-29-31-34-37-41-45-49-53-61(70)67-58(59(69)52-48-44-40-36-12-10-8-6-4-2)57-76-66-65(74)64(73)63(72)60(56-68)77-66/h12,14,16,20,22,36,48,52,58-60,63-66,68-69,72-74H,3-11,13,15,17-19,21,23-35,37-47,49-51,53-57H2,1-2H3,(H,67,70)/b16-14-,22-20-,36-12+,52-48+. The molecule has 1 heterocycles. The Kier molecular flexibility index (Phi) is 52.4. The van der Waals surface area contributed by atoms with Gasteiger partial charge >= 0.3 is 5.97 Å². The minimum Gasteiger partial charge on any atom is -0.466 e. The molecular formula is C66H121NO10. The molecule has 1 saturated heterocycles. The fourth-order valence-electron chi connectivity index (χ4n) is 10.0. The van der Waals surface area contributed by atoms with Crippen molar-refractivity contribution in [3.05, 3.63) is 48.6 Å². The molecule has 77 heavy (non-hydrogen) atoms. The number of amides is 1. The largest absolute Gasteiger partial charge is 0.466 e. The number of rotatable bonds is 56. The molecule has 450 valence electrons. The predicted octanol–water partition coefficient (Wildman–Crippen LogP) is 15.6. The third-order valence-corrected chi connectivity index (χ3v) is 15.2. The van der Waals surface area contributed by atoms with Crippen molar-refractivity contribution in [2.45, 2.75) is 339 Å². The highest BCUT2D eigenvalue weighted by Crippen LogP contribution is 2.23. The number of carbonyl (C=O) groups excluding carboxylic acids is 2. The fraction of sp³-hybridized carbons (Fsp3) is 0.848. The first-order valence-corrected chi connectivity index (χ1v) is 32.4. The third kappa shape index (κ3) is 45.0. The van der Waals surface area contributed by atoms with Crippen LogP contribution in [0.5, 0.6) is 0 Å². The number of carbonyl (C=O) groups is 2. The molecule has 0 spiro atoms. The fourth-order valence-corrected chi connectivity index (χ4v) is 10.0. The quantitative estimate of drug-likeness (QED) is 0.0195. The van der Waals surface area contributed by atoms with E-state index >= 15 is 0 Å². The summed E-state index contributed by atoms with van der Waals surface area (Å²) in [6.07, 6.45) is 61.1. The summed E-state index contributed by atoms with van der Waals surface area (Å²) in [4.78, 5) is 25.0. The van der Waals surface area contributed by atoms with Crippen LogP contribution in [0.15, 0.2) is 48.6 Å². The molecule has 7 unspecified atom stereocenters. The molecule has 0 radical (unpaired) electrons. The zero-order valence-electron chi connectivity index (χ0n) is 49.7. The minimum atomic E-state index is -1.58. The molecule has 0 saturated carbocycles. The van der Waals surface area contributed by atoms with E-state index in [0.29, 0.717) is 19.4 Å². The molecule has 11 heteroatoms. The zero-order chi connectivity index (χ0) is 55.9. The summed E-state index contributed by atoms with van der Waals surface area (Å²) in [6.45, 7) is 4.28. The molecule has 11 nitrogen and oxygen atoms in total. The van der Waals surface area contributed by atoms with Crippen LogP contribution in [0.1, 0.15) is 296 Å². The van der Waals surface area contributed by atoms with Gasteiger partial charge in [-0.2, -0.15) is 0 Å². The summed E-state index contributed by atoms with van der Waals surface area (Å²) in [5, 5.41) is 54.2. The van der Waals surface area contributed by atoms with Crippen molar-refractivity contribution in [1.82, 2.24) is 5.32 Å². The van der Waals surface area contributed by atoms with Crippen molar-refractivity contribution in [3.63, 3.8) is 0 Å². The minimum absolute atomic E-state index is 0.00237. The maximum atomic E-state index is 13.0. The van der Waals surface area contributed by atoms with E-state index in [1.165, 1.54) is 205 Å². The SMILES string of the molecule is CCCCC/C=C/CC/C=C/C(O)C(COC1OC(CO)C(O)C(O)C1O)NC(=O)CCCCCCCCCCCCCCC/C=C\C/C=C\CCCCCCCCCCCOC(=O)CCCCCCCCCCCCC. The van der Waals surface area contributed by atoms with Gasteiger partial charge in [0.15, 0.2) is 6.29 Å². The molecular weight excluding hydrogens is 967 g/mol. The molecule has 1 rings (SSSR count). The van der Waals surface area contributed by atoms with Crippen molar-refractivity contribution in [3.8, 4) is 0 Å². The molecule has 0 aromatic heterocycles. The molecule has 0 aliphatic carbocycles. The number of aliphatic hydroxyl groups is 5. The Hall–Kier alpha value is -2.38. The number of hydrogen-bond acceptors (Lipinski definition) is 10. The average molecular weight is 1090 g/mol. The summed E-state index contributed by atoms with van der Waals surface area (Å²) in [7, 11) is 0. The lowest BCUT2D eigenvalue weighted by molar-refractivity contribution is -0.302. The maximum Gasteiger partial charge on any atom is 0.305 e. The third-order valence-electron chi connectivity index (χ3n) is 15.2. The topological polar surface area (TPSA) is 175 Å². The van der Waals surface area contributed by atoms with Gasteiger partial charge in [0, 0.05) is 12.8 Å². The summed E-state index contributed by atoms with van der Waals surface area (Å²) in [5.41, 5.74) is 0. The summed E-state index contributed by atoms with van der Waals surface area (Å²) in [6, 6.07) is -0.827. The van der Waals surface area contributed by atoms with Gasteiger partial charge in [-0.25, -0.2) is 0 Å². The van der Waals surface area contributed by atoms with Crippen LogP contribution in [0.3, 0.4) is 0 Å². The van der Waals surface area contributed by atoms with Crippen molar-refractivity contribution < 1.29 is 49.3 Å². The lowest BCUT2D eigenvalue weighted by Gasteiger charge is -2.40. The molecule has 1 aliphatic heterocycles. The van der Waals surface area contributed by atoms with Crippen molar-refractivity contribution in [2.75, 3.05) is 19.8 Å². The van der Waals surface area contributed by atoms with Gasteiger partial charge in [0.2, 0.25) is 5.91 Å². The monoisotopic (exact) mass is 1090 g/mol. The van der Waals surface area contributed by atoms with E-state index in [9.17, 15) is 35.1 Å². The van der Waals surface area contributed by atoms with Crippen LogP contribution in [0.25, 0.3) is 0 Å². The van der Waals surface area contributed by atoms with Crippen molar-refractivity contribution in [2.24, 2.45) is 0 Å². The number of aliphatic hydroxyl groups excluding tert-OH is 5. The molecule has 6 N–H and O–H groups in total. The van der Waals surface area contributed by atoms with Crippen LogP contribution >= 0.6 is 0 Å². The highest BCUT2D eigenvalue weighted by atomic mass is 16.7. The average Bonchev–Trinajstić information content (AvgIpc) is 3.43. The van der Waals surface area contributed by atoms with Gasteiger partial charge in [0.05, 0.1) is 32.0 Å². The van der Waals surface area contributed by atoms with Crippen LogP contribution in [-0.2, 0) is 23.8 Å². The van der Waals surface area contributed by atoms with Gasteiger partial charge in [0.1, 0.15) is 24.4 Å². The number of allylic oxidation sites excluding steroid dienone is 7. The molecule has 1 aliphatic rings. The van der Waals surface area contributed by atoms with Crippen LogP contribution < -0.4 is 5.32 Å². The van der Waals surface area contributed by atoms with E-state index in [1.54, 1.807) is 6.08 Å². The Morgan fingerprint density at radius 3 is 1.39 bits per heavy atom. The van der Waals surface area contributed by atoms with Crippen LogP contribution in [0.4, 0.5) is 0 Å². The summed E-state index contributed by atoms with van der Waals surface area (Å²) in [5.74, 6) is -0.193. The lowest BCUT2D eigenvalue weighted by Crippen LogP contribution is -2.60. The van der Waals surface area contributed by atoms with Crippen LogP contribution in [0.2, 0.25) is 0 Å². The number of ether oxygens (including phenoxy) is 3. The van der Waals surface area contributed by atoms with E-state index in [-0.39, 0.29) is 18.5 Å². The second kappa shape index (κ2) is 55.5. The predicted molar refractivity (Wildman–Crippen MR) is 320 cm³/mol. The first-order chi connectivity index (χ1) is 37.7. The maximum absolute atomic E-state index is 13.0. The Labute approximate surface area is 472 Å². The Bertz CT molecular complexity index is 1420. The molecule has 1 fully saturated rings. The van der Waals surface area contributed by atoms with E-state index in [2.05, 4.69) is 55.6 Å². The highest BCUT2D eigenvalue weighted by Gasteiger charge is 2.44. The molecule has 7 atom stereocenters. The Balaban J connectivity index is 1.97. The number of nitrogens with one attached hydrogen (secondary N) is 1.